The summed E-state index contributed by atoms with van der Waals surface area (Å²) < 4.78 is 5.34. The first kappa shape index (κ1) is 19.7. The summed E-state index contributed by atoms with van der Waals surface area (Å²) in [7, 11) is 0. The van der Waals surface area contributed by atoms with Crippen molar-refractivity contribution in [1.29, 1.82) is 0 Å². The number of amides is 1. The molecule has 1 aliphatic rings. The van der Waals surface area contributed by atoms with Gasteiger partial charge in [-0.15, -0.1) is 0 Å². The van der Waals surface area contributed by atoms with Crippen molar-refractivity contribution in [3.63, 3.8) is 0 Å². The van der Waals surface area contributed by atoms with Crippen LogP contribution in [0, 0.1) is 22.0 Å². The van der Waals surface area contributed by atoms with E-state index in [0.29, 0.717) is 25.1 Å². The van der Waals surface area contributed by atoms with Crippen LogP contribution in [0.4, 0.5) is 10.5 Å². The molecule has 0 spiro atoms. The topological polar surface area (TPSA) is 110 Å². The summed E-state index contributed by atoms with van der Waals surface area (Å²) in [6.45, 7) is 6.08. The van der Waals surface area contributed by atoms with Crippen LogP contribution >= 0.6 is 0 Å². The van der Waals surface area contributed by atoms with Crippen LogP contribution in [0.3, 0.4) is 0 Å². The lowest BCUT2D eigenvalue weighted by molar-refractivity contribution is -0.384. The molecular weight excluding hydrogens is 340 g/mol. The number of benzene rings is 1. The van der Waals surface area contributed by atoms with Crippen LogP contribution in [-0.4, -0.2) is 45.7 Å². The maximum Gasteiger partial charge on any atom is 0.410 e. The van der Waals surface area contributed by atoms with E-state index >= 15 is 0 Å². The zero-order chi connectivity index (χ0) is 19.5. The summed E-state index contributed by atoms with van der Waals surface area (Å²) in [5, 5.41) is 20.5. The second-order valence-corrected chi connectivity index (χ2v) is 7.55. The second kappa shape index (κ2) is 7.72. The summed E-state index contributed by atoms with van der Waals surface area (Å²) >= 11 is 0. The third-order valence-corrected chi connectivity index (χ3v) is 4.34. The molecule has 1 aromatic rings. The summed E-state index contributed by atoms with van der Waals surface area (Å²) in [5.74, 6) is -1.91. The number of nitrogens with zero attached hydrogens (tertiary/aromatic N) is 2. The third-order valence-electron chi connectivity index (χ3n) is 4.34. The Balaban J connectivity index is 2.07. The molecule has 1 amide bonds. The van der Waals surface area contributed by atoms with Gasteiger partial charge < -0.3 is 14.7 Å². The lowest BCUT2D eigenvalue weighted by Crippen LogP contribution is -2.36. The number of aliphatic carboxylic acids is 1. The quantitative estimate of drug-likeness (QED) is 0.635. The SMILES string of the molecule is CC(C)(C)OC(=O)N1CC[C@H]([C@H](Cc2cccc([N+](=O)[O-])c2)C(=O)O)C1. The predicted molar refractivity (Wildman–Crippen MR) is 93.8 cm³/mol. The minimum Gasteiger partial charge on any atom is -0.481 e. The van der Waals surface area contributed by atoms with Gasteiger partial charge in [-0.2, -0.15) is 0 Å². The number of nitro benzene ring substituents is 1. The number of carboxylic acid groups (broad SMARTS) is 1. The van der Waals surface area contributed by atoms with E-state index in [1.165, 1.54) is 17.0 Å². The highest BCUT2D eigenvalue weighted by molar-refractivity contribution is 5.72. The number of carboxylic acids is 1. The number of carbonyl (C=O) groups is 2. The van der Waals surface area contributed by atoms with Crippen LogP contribution < -0.4 is 0 Å². The fourth-order valence-corrected chi connectivity index (χ4v) is 3.11. The first-order valence-corrected chi connectivity index (χ1v) is 8.51. The third kappa shape index (κ3) is 5.18. The Morgan fingerprint density at radius 1 is 1.42 bits per heavy atom. The smallest absolute Gasteiger partial charge is 0.410 e. The van der Waals surface area contributed by atoms with Crippen molar-refractivity contribution < 1.29 is 24.4 Å². The van der Waals surface area contributed by atoms with Gasteiger partial charge in [0.25, 0.3) is 5.69 Å². The maximum absolute atomic E-state index is 12.2. The maximum atomic E-state index is 12.2. The molecule has 1 fully saturated rings. The molecule has 1 aliphatic heterocycles. The van der Waals surface area contributed by atoms with Crippen LogP contribution in [0.25, 0.3) is 0 Å². The van der Waals surface area contributed by atoms with Gasteiger partial charge >= 0.3 is 12.1 Å². The number of hydrogen-bond donors (Lipinski definition) is 1. The molecular formula is C18H24N2O6. The van der Waals surface area contributed by atoms with E-state index in [1.54, 1.807) is 32.9 Å². The highest BCUT2D eigenvalue weighted by Gasteiger charge is 2.37. The highest BCUT2D eigenvalue weighted by atomic mass is 16.6. The minimum atomic E-state index is -0.965. The average molecular weight is 364 g/mol. The van der Waals surface area contributed by atoms with Gasteiger partial charge in [-0.3, -0.25) is 14.9 Å². The Bertz CT molecular complexity index is 697. The molecule has 8 nitrogen and oxygen atoms in total. The molecule has 8 heteroatoms. The largest absolute Gasteiger partial charge is 0.481 e. The zero-order valence-electron chi connectivity index (χ0n) is 15.2. The summed E-state index contributed by atoms with van der Waals surface area (Å²) in [6, 6.07) is 6.01. The lowest BCUT2D eigenvalue weighted by atomic mass is 9.86. The summed E-state index contributed by atoms with van der Waals surface area (Å²) in [4.78, 5) is 35.8. The van der Waals surface area contributed by atoms with Crippen LogP contribution in [-0.2, 0) is 16.0 Å². The van der Waals surface area contributed by atoms with Crippen molar-refractivity contribution in [2.24, 2.45) is 11.8 Å². The van der Waals surface area contributed by atoms with Gasteiger partial charge in [0.1, 0.15) is 5.60 Å². The van der Waals surface area contributed by atoms with E-state index in [1.807, 2.05) is 0 Å². The van der Waals surface area contributed by atoms with Crippen LogP contribution in [0.15, 0.2) is 24.3 Å². The van der Waals surface area contributed by atoms with Crippen LogP contribution in [0.2, 0.25) is 0 Å². The van der Waals surface area contributed by atoms with Gasteiger partial charge in [-0.05, 0) is 45.1 Å². The zero-order valence-corrected chi connectivity index (χ0v) is 15.2. The van der Waals surface area contributed by atoms with E-state index in [0.717, 1.165) is 0 Å². The molecule has 142 valence electrons. The van der Waals surface area contributed by atoms with Gasteiger partial charge in [-0.25, -0.2) is 4.79 Å². The second-order valence-electron chi connectivity index (χ2n) is 7.55. The predicted octanol–water partition coefficient (Wildman–Crippen LogP) is 3.10. The van der Waals surface area contributed by atoms with Gasteiger partial charge in [0.15, 0.2) is 0 Å². The Morgan fingerprint density at radius 3 is 2.69 bits per heavy atom. The molecule has 2 atom stereocenters. The van der Waals surface area contributed by atoms with Gasteiger partial charge in [0, 0.05) is 25.2 Å². The van der Waals surface area contributed by atoms with Gasteiger partial charge in [0.05, 0.1) is 10.8 Å². The number of ether oxygens (including phenoxy) is 1. The number of rotatable bonds is 5. The fourth-order valence-electron chi connectivity index (χ4n) is 3.11. The number of non-ortho nitro benzene ring substituents is 1. The van der Waals surface area contributed by atoms with Crippen molar-refractivity contribution in [3.8, 4) is 0 Å². The van der Waals surface area contributed by atoms with Gasteiger partial charge in [0.2, 0.25) is 0 Å². The van der Waals surface area contributed by atoms with E-state index in [-0.39, 0.29) is 18.0 Å². The highest BCUT2D eigenvalue weighted by Crippen LogP contribution is 2.29. The molecule has 26 heavy (non-hydrogen) atoms. The Morgan fingerprint density at radius 2 is 2.12 bits per heavy atom. The Hall–Kier alpha value is -2.64. The molecule has 0 aliphatic carbocycles. The molecule has 0 radical (unpaired) electrons. The number of likely N-dealkylation sites (tertiary alicyclic amines) is 1. The Kier molecular flexibility index (Phi) is 5.84. The molecule has 1 aromatic carbocycles. The lowest BCUT2D eigenvalue weighted by Gasteiger charge is -2.25. The number of hydrogen-bond acceptors (Lipinski definition) is 5. The molecule has 0 saturated carbocycles. The number of nitro groups is 1. The average Bonchev–Trinajstić information content (AvgIpc) is 3.00. The molecule has 0 aromatic heterocycles. The number of carbonyl (C=O) groups excluding carboxylic acids is 1. The van der Waals surface area contributed by atoms with Crippen molar-refractivity contribution in [3.05, 3.63) is 39.9 Å². The first-order chi connectivity index (χ1) is 12.1. The van der Waals surface area contributed by atoms with Crippen LogP contribution in [0.1, 0.15) is 32.8 Å². The van der Waals surface area contributed by atoms with Crippen molar-refractivity contribution in [1.82, 2.24) is 4.90 Å². The molecule has 2 rings (SSSR count). The standard InChI is InChI=1S/C18H24N2O6/c1-18(2,3)26-17(23)19-8-7-13(11-19)15(16(21)22)10-12-5-4-6-14(9-12)20(24)25/h4-6,9,13,15H,7-8,10-11H2,1-3H3,(H,21,22)/t13-,15-/m0/s1. The first-order valence-electron chi connectivity index (χ1n) is 8.51. The van der Waals surface area contributed by atoms with Crippen molar-refractivity contribution in [2.75, 3.05) is 13.1 Å². The van der Waals surface area contributed by atoms with Crippen molar-refractivity contribution >= 4 is 17.7 Å². The molecule has 1 heterocycles. The summed E-state index contributed by atoms with van der Waals surface area (Å²) in [6.07, 6.45) is 0.300. The van der Waals surface area contributed by atoms with E-state index < -0.39 is 28.5 Å². The molecule has 1 saturated heterocycles. The van der Waals surface area contributed by atoms with Gasteiger partial charge in [-0.1, -0.05) is 12.1 Å². The van der Waals surface area contributed by atoms with Crippen molar-refractivity contribution in [2.45, 2.75) is 39.2 Å². The molecule has 1 N–H and O–H groups in total. The van der Waals surface area contributed by atoms with Crippen LogP contribution in [0.5, 0.6) is 0 Å². The minimum absolute atomic E-state index is 0.0616. The Labute approximate surface area is 151 Å². The normalized spacial score (nSPS) is 18.4. The van der Waals surface area contributed by atoms with E-state index in [4.69, 9.17) is 4.74 Å². The molecule has 0 unspecified atom stereocenters. The monoisotopic (exact) mass is 364 g/mol. The molecule has 0 bridgehead atoms. The van der Waals surface area contributed by atoms with E-state index in [2.05, 4.69) is 0 Å². The fraction of sp³-hybridized carbons (Fsp3) is 0.556. The van der Waals surface area contributed by atoms with E-state index in [9.17, 15) is 24.8 Å². The summed E-state index contributed by atoms with van der Waals surface area (Å²) in [5.41, 5.74) is -0.0691.